The van der Waals surface area contributed by atoms with E-state index in [4.69, 9.17) is 4.74 Å². The number of hydrogen-bond donors (Lipinski definition) is 1. The minimum absolute atomic E-state index is 0. The molecule has 0 aliphatic rings. The molecule has 0 aromatic rings. The van der Waals surface area contributed by atoms with Crippen molar-refractivity contribution in [1.82, 2.24) is 0 Å². The van der Waals surface area contributed by atoms with Crippen LogP contribution in [0.25, 0.3) is 0 Å². The van der Waals surface area contributed by atoms with Crippen LogP contribution >= 0.6 is 0 Å². The Kier molecular flexibility index (Phi) is 23.5. The van der Waals surface area contributed by atoms with Crippen molar-refractivity contribution >= 4 is 45.6 Å². The van der Waals surface area contributed by atoms with Gasteiger partial charge in [-0.15, -0.1) is 0 Å². The molecule has 0 rings (SSSR count). The molecule has 0 heterocycles. The second-order valence-electron chi connectivity index (χ2n) is 7.91. The molecule has 0 bridgehead atoms. The number of carbonyl (C=O) groups is 1. The van der Waals surface area contributed by atoms with Gasteiger partial charge < -0.3 is 4.74 Å². The van der Waals surface area contributed by atoms with Gasteiger partial charge in [0.25, 0.3) is 10.1 Å². The van der Waals surface area contributed by atoms with Gasteiger partial charge in [-0.3, -0.25) is 9.35 Å². The fraction of sp³-hybridized carbons (Fsp3) is 0.955. The largest absolute Gasteiger partial charge is 0.465 e. The second kappa shape index (κ2) is 21.6. The molecule has 1 N–H and O–H groups in total. The summed E-state index contributed by atoms with van der Waals surface area (Å²) in [5, 5.41) is -1.43. The molecule has 0 aliphatic heterocycles. The van der Waals surface area contributed by atoms with Crippen molar-refractivity contribution in [3.63, 3.8) is 0 Å². The van der Waals surface area contributed by atoms with E-state index in [0.29, 0.717) is 12.8 Å². The molecule has 5 nitrogen and oxygen atoms in total. The van der Waals surface area contributed by atoms with Gasteiger partial charge in [0.2, 0.25) is 0 Å². The molecule has 1 atom stereocenters. The minimum atomic E-state index is -4.39. The first-order valence-corrected chi connectivity index (χ1v) is 13.1. The van der Waals surface area contributed by atoms with Crippen molar-refractivity contribution in [2.24, 2.45) is 0 Å². The summed E-state index contributed by atoms with van der Waals surface area (Å²) in [4.78, 5) is 11.9. The topological polar surface area (TPSA) is 80.7 Å². The molecule has 1 radical (unpaired) electrons. The van der Waals surface area contributed by atoms with Crippen molar-refractivity contribution < 1.29 is 22.5 Å². The van der Waals surface area contributed by atoms with Gasteiger partial charge in [0.15, 0.2) is 5.25 Å². The van der Waals surface area contributed by atoms with E-state index in [1.807, 2.05) is 6.92 Å². The van der Waals surface area contributed by atoms with E-state index < -0.39 is 21.3 Å². The second-order valence-corrected chi connectivity index (χ2v) is 9.51. The summed E-state index contributed by atoms with van der Waals surface area (Å²) in [5.41, 5.74) is 0. The van der Waals surface area contributed by atoms with Crippen LogP contribution in [0.15, 0.2) is 0 Å². The minimum Gasteiger partial charge on any atom is -0.465 e. The Morgan fingerprint density at radius 2 is 1.10 bits per heavy atom. The first kappa shape index (κ1) is 31.6. The first-order chi connectivity index (χ1) is 13.4. The third kappa shape index (κ3) is 20.1. The van der Waals surface area contributed by atoms with Gasteiger partial charge in [-0.05, 0) is 12.8 Å². The van der Waals surface area contributed by atoms with Crippen molar-refractivity contribution in [1.29, 1.82) is 0 Å². The zero-order chi connectivity index (χ0) is 21.1. The van der Waals surface area contributed by atoms with Gasteiger partial charge in [0.1, 0.15) is 0 Å². The van der Waals surface area contributed by atoms with Crippen molar-refractivity contribution in [2.45, 2.75) is 128 Å². The van der Waals surface area contributed by atoms with Crippen LogP contribution in [-0.2, 0) is 19.6 Å². The van der Waals surface area contributed by atoms with Gasteiger partial charge >= 0.3 is 5.97 Å². The zero-order valence-corrected chi connectivity index (χ0v) is 22.1. The quantitative estimate of drug-likeness (QED) is 0.107. The number of ether oxygens (including phenoxy) is 1. The predicted molar refractivity (Wildman–Crippen MR) is 122 cm³/mol. The Bertz CT molecular complexity index is 468. The molecule has 1 unspecified atom stereocenters. The maximum absolute atomic E-state index is 11.9. The Balaban J connectivity index is 0. The summed E-state index contributed by atoms with van der Waals surface area (Å²) in [5.74, 6) is -0.814. The maximum atomic E-state index is 11.9. The standard InChI is InChI=1S/C22H44O5S.Na/c1-3-5-7-8-9-10-11-12-13-14-15-16-17-18-19-21(28(24,25)26)22(23)27-20-6-4-2;/h21H,3-20H2,1-2H3,(H,24,25,26);. The van der Waals surface area contributed by atoms with Crippen LogP contribution in [0.5, 0.6) is 0 Å². The summed E-state index contributed by atoms with van der Waals surface area (Å²) in [6.45, 7) is 4.41. The molecule has 0 fully saturated rings. The smallest absolute Gasteiger partial charge is 0.326 e. The Morgan fingerprint density at radius 1 is 0.724 bits per heavy atom. The first-order valence-electron chi connectivity index (χ1n) is 11.6. The average Bonchev–Trinajstić information content (AvgIpc) is 2.64. The van der Waals surface area contributed by atoms with E-state index in [9.17, 15) is 17.8 Å². The summed E-state index contributed by atoms with van der Waals surface area (Å²) in [7, 11) is -4.39. The normalized spacial score (nSPS) is 12.4. The maximum Gasteiger partial charge on any atom is 0.326 e. The summed E-state index contributed by atoms with van der Waals surface area (Å²) in [6, 6.07) is 0. The van der Waals surface area contributed by atoms with E-state index in [2.05, 4.69) is 6.92 Å². The number of unbranched alkanes of at least 4 members (excludes halogenated alkanes) is 14. The summed E-state index contributed by atoms with van der Waals surface area (Å²) < 4.78 is 37.1. The van der Waals surface area contributed by atoms with E-state index in [-0.39, 0.29) is 42.6 Å². The van der Waals surface area contributed by atoms with Crippen LogP contribution in [0.3, 0.4) is 0 Å². The van der Waals surface area contributed by atoms with Gasteiger partial charge in [0, 0.05) is 29.6 Å². The van der Waals surface area contributed by atoms with E-state index >= 15 is 0 Å². The molecule has 0 aromatic carbocycles. The molecular formula is C22H44NaO5S. The summed E-state index contributed by atoms with van der Waals surface area (Å²) >= 11 is 0. The molecule has 0 saturated carbocycles. The van der Waals surface area contributed by atoms with E-state index in [0.717, 1.165) is 25.7 Å². The van der Waals surface area contributed by atoms with Gasteiger partial charge in [0.05, 0.1) is 6.61 Å². The monoisotopic (exact) mass is 443 g/mol. The molecule has 29 heavy (non-hydrogen) atoms. The third-order valence-corrected chi connectivity index (χ3v) is 6.33. The fourth-order valence-electron chi connectivity index (χ4n) is 3.32. The Morgan fingerprint density at radius 3 is 1.48 bits per heavy atom. The van der Waals surface area contributed by atoms with Crippen molar-refractivity contribution in [2.75, 3.05) is 6.61 Å². The van der Waals surface area contributed by atoms with Crippen LogP contribution in [-0.4, -0.2) is 60.4 Å². The fourth-order valence-corrected chi connectivity index (χ4v) is 4.10. The molecule has 0 saturated heterocycles. The molecule has 0 aromatic heterocycles. The van der Waals surface area contributed by atoms with Gasteiger partial charge in [-0.2, -0.15) is 8.42 Å². The number of hydrogen-bond acceptors (Lipinski definition) is 4. The number of esters is 1. The molecule has 0 spiro atoms. The molecule has 0 amide bonds. The molecule has 169 valence electrons. The Labute approximate surface area is 202 Å². The van der Waals surface area contributed by atoms with E-state index in [1.54, 1.807) is 0 Å². The van der Waals surface area contributed by atoms with Gasteiger partial charge in [-0.1, -0.05) is 110 Å². The van der Waals surface area contributed by atoms with Crippen LogP contribution in [0.2, 0.25) is 0 Å². The van der Waals surface area contributed by atoms with Crippen LogP contribution in [0.1, 0.15) is 123 Å². The number of carbonyl (C=O) groups excluding carboxylic acids is 1. The van der Waals surface area contributed by atoms with Crippen LogP contribution < -0.4 is 0 Å². The Hall–Kier alpha value is 0.380. The molecule has 0 aliphatic carbocycles. The molecule has 7 heteroatoms. The van der Waals surface area contributed by atoms with Gasteiger partial charge in [-0.25, -0.2) is 0 Å². The van der Waals surface area contributed by atoms with Crippen LogP contribution in [0, 0.1) is 0 Å². The SMILES string of the molecule is CCCCCCCCCCCCCCCCC(C(=O)OCCCC)S(=O)(=O)O.[Na]. The zero-order valence-electron chi connectivity index (χ0n) is 19.3. The molecular weight excluding hydrogens is 399 g/mol. The van der Waals surface area contributed by atoms with Crippen molar-refractivity contribution in [3.05, 3.63) is 0 Å². The van der Waals surface area contributed by atoms with E-state index in [1.165, 1.54) is 64.2 Å². The predicted octanol–water partition coefficient (Wildman–Crippen LogP) is 6.08. The van der Waals surface area contributed by atoms with Crippen LogP contribution in [0.4, 0.5) is 0 Å². The number of rotatable bonds is 20. The third-order valence-electron chi connectivity index (χ3n) is 5.18. The van der Waals surface area contributed by atoms with Crippen molar-refractivity contribution in [3.8, 4) is 0 Å². The average molecular weight is 444 g/mol. The summed E-state index contributed by atoms with van der Waals surface area (Å²) in [6.07, 6.45) is 18.7.